The van der Waals surface area contributed by atoms with Crippen LogP contribution >= 0.6 is 22.6 Å². The summed E-state index contributed by atoms with van der Waals surface area (Å²) in [5.74, 6) is 0. The van der Waals surface area contributed by atoms with Crippen molar-refractivity contribution in [2.24, 2.45) is 0 Å². The molecule has 108 valence electrons. The monoisotopic (exact) mass is 390 g/mol. The quantitative estimate of drug-likeness (QED) is 0.302. The van der Waals surface area contributed by atoms with Crippen LogP contribution in [-0.4, -0.2) is 14.4 Å². The van der Waals surface area contributed by atoms with Crippen molar-refractivity contribution in [3.63, 3.8) is 0 Å². The SMILES string of the molecule is CCC(O[Si](CC)(CC)CC)C(I)c1ccccc1. The topological polar surface area (TPSA) is 9.23 Å². The van der Waals surface area contributed by atoms with Crippen molar-refractivity contribution in [2.75, 3.05) is 0 Å². The molecule has 3 heteroatoms. The second kappa shape index (κ2) is 8.42. The van der Waals surface area contributed by atoms with Gasteiger partial charge in [0.25, 0.3) is 0 Å². The first-order chi connectivity index (χ1) is 9.12. The van der Waals surface area contributed by atoms with E-state index in [4.69, 9.17) is 4.43 Å². The number of rotatable bonds is 8. The second-order valence-corrected chi connectivity index (χ2v) is 11.2. The van der Waals surface area contributed by atoms with Crippen LogP contribution < -0.4 is 0 Å². The molecule has 0 saturated carbocycles. The number of halogens is 1. The van der Waals surface area contributed by atoms with Crippen molar-refractivity contribution >= 4 is 30.9 Å². The minimum atomic E-state index is -1.50. The van der Waals surface area contributed by atoms with Gasteiger partial charge in [0.15, 0.2) is 8.32 Å². The highest BCUT2D eigenvalue weighted by Gasteiger charge is 2.33. The summed E-state index contributed by atoms with van der Waals surface area (Å²) in [6, 6.07) is 14.5. The maximum absolute atomic E-state index is 6.68. The molecule has 0 amide bonds. The molecule has 0 radical (unpaired) electrons. The molecule has 0 N–H and O–H groups in total. The Balaban J connectivity index is 2.83. The molecule has 0 heterocycles. The molecule has 0 saturated heterocycles. The zero-order chi connectivity index (χ0) is 14.3. The molecule has 0 aromatic heterocycles. The van der Waals surface area contributed by atoms with E-state index in [0.29, 0.717) is 10.0 Å². The summed E-state index contributed by atoms with van der Waals surface area (Å²) >= 11 is 2.56. The normalized spacial score (nSPS) is 15.2. The van der Waals surface area contributed by atoms with E-state index >= 15 is 0 Å². The van der Waals surface area contributed by atoms with Crippen LogP contribution in [0, 0.1) is 0 Å². The molecule has 0 spiro atoms. The summed E-state index contributed by atoms with van der Waals surface area (Å²) < 4.78 is 7.14. The molecule has 0 aliphatic rings. The molecule has 2 atom stereocenters. The van der Waals surface area contributed by atoms with Crippen LogP contribution in [0.4, 0.5) is 0 Å². The van der Waals surface area contributed by atoms with Crippen LogP contribution in [-0.2, 0) is 4.43 Å². The van der Waals surface area contributed by atoms with Crippen molar-refractivity contribution in [2.45, 2.75) is 62.3 Å². The van der Waals surface area contributed by atoms with Gasteiger partial charge in [-0.1, -0.05) is 80.6 Å². The van der Waals surface area contributed by atoms with Gasteiger partial charge < -0.3 is 4.43 Å². The fourth-order valence-corrected chi connectivity index (χ4v) is 6.82. The zero-order valence-electron chi connectivity index (χ0n) is 12.7. The lowest BCUT2D eigenvalue weighted by Crippen LogP contribution is -2.41. The highest BCUT2D eigenvalue weighted by atomic mass is 127. The van der Waals surface area contributed by atoms with Gasteiger partial charge in [-0.25, -0.2) is 0 Å². The van der Waals surface area contributed by atoms with Crippen LogP contribution in [0.5, 0.6) is 0 Å². The van der Waals surface area contributed by atoms with Gasteiger partial charge in [-0.05, 0) is 30.1 Å². The van der Waals surface area contributed by atoms with Gasteiger partial charge in [0, 0.05) is 0 Å². The summed E-state index contributed by atoms with van der Waals surface area (Å²) in [5.41, 5.74) is 1.39. The molecule has 0 bridgehead atoms. The van der Waals surface area contributed by atoms with Crippen molar-refractivity contribution in [3.8, 4) is 0 Å². The summed E-state index contributed by atoms with van der Waals surface area (Å²) in [4.78, 5) is 0. The maximum atomic E-state index is 6.68. The third kappa shape index (κ3) is 4.57. The third-order valence-electron chi connectivity index (χ3n) is 4.18. The Bertz CT molecular complexity index is 343. The first kappa shape index (κ1) is 17.2. The number of benzene rings is 1. The lowest BCUT2D eigenvalue weighted by Gasteiger charge is -2.35. The minimum Gasteiger partial charge on any atom is -0.413 e. The van der Waals surface area contributed by atoms with E-state index in [1.807, 2.05) is 0 Å². The van der Waals surface area contributed by atoms with Gasteiger partial charge in [-0.15, -0.1) is 0 Å². The van der Waals surface area contributed by atoms with Crippen LogP contribution in [0.2, 0.25) is 18.1 Å². The van der Waals surface area contributed by atoms with Gasteiger partial charge in [0.05, 0.1) is 10.0 Å². The molecule has 0 aliphatic heterocycles. The third-order valence-corrected chi connectivity index (χ3v) is 10.4. The second-order valence-electron chi connectivity index (χ2n) is 5.12. The molecular weight excluding hydrogens is 363 g/mol. The van der Waals surface area contributed by atoms with Gasteiger partial charge in [-0.3, -0.25) is 0 Å². The number of hydrogen-bond donors (Lipinski definition) is 0. The van der Waals surface area contributed by atoms with Crippen LogP contribution in [0.15, 0.2) is 30.3 Å². The van der Waals surface area contributed by atoms with Crippen molar-refractivity contribution in [1.82, 2.24) is 0 Å². The molecular formula is C16H27IOSi. The van der Waals surface area contributed by atoms with E-state index in [0.717, 1.165) is 6.42 Å². The average molecular weight is 390 g/mol. The lowest BCUT2D eigenvalue weighted by molar-refractivity contribution is 0.183. The number of hydrogen-bond acceptors (Lipinski definition) is 1. The first-order valence-electron chi connectivity index (χ1n) is 7.49. The van der Waals surface area contributed by atoms with E-state index in [2.05, 4.69) is 80.6 Å². The molecule has 0 fully saturated rings. The fourth-order valence-electron chi connectivity index (χ4n) is 2.52. The standard InChI is InChI=1S/C16H27IOSi/c1-5-15(18-19(6-2,7-3)8-4)16(17)14-12-10-9-11-13-14/h9-13,15-16H,5-8H2,1-4H3. The Kier molecular flexibility index (Phi) is 7.61. The fraction of sp³-hybridized carbons (Fsp3) is 0.625. The van der Waals surface area contributed by atoms with E-state index in [1.165, 1.54) is 23.7 Å². The molecule has 1 aromatic carbocycles. The summed E-state index contributed by atoms with van der Waals surface area (Å²) in [5, 5.41) is 0. The van der Waals surface area contributed by atoms with E-state index in [9.17, 15) is 0 Å². The van der Waals surface area contributed by atoms with Gasteiger partial charge in [0.2, 0.25) is 0 Å². The van der Waals surface area contributed by atoms with Crippen LogP contribution in [0.1, 0.15) is 43.6 Å². The zero-order valence-corrected chi connectivity index (χ0v) is 15.8. The van der Waals surface area contributed by atoms with Crippen LogP contribution in [0.25, 0.3) is 0 Å². The molecule has 1 rings (SSSR count). The van der Waals surface area contributed by atoms with Crippen molar-refractivity contribution < 1.29 is 4.43 Å². The van der Waals surface area contributed by atoms with Crippen LogP contribution in [0.3, 0.4) is 0 Å². The average Bonchev–Trinajstić information content (AvgIpc) is 2.50. The molecule has 19 heavy (non-hydrogen) atoms. The van der Waals surface area contributed by atoms with E-state index in [-0.39, 0.29) is 0 Å². The van der Waals surface area contributed by atoms with Gasteiger partial charge in [-0.2, -0.15) is 0 Å². The molecule has 1 aromatic rings. The predicted molar refractivity (Wildman–Crippen MR) is 95.6 cm³/mol. The Morgan fingerprint density at radius 2 is 1.53 bits per heavy atom. The Morgan fingerprint density at radius 3 is 1.95 bits per heavy atom. The predicted octanol–water partition coefficient (Wildman–Crippen LogP) is 5.96. The molecule has 2 unspecified atom stereocenters. The lowest BCUT2D eigenvalue weighted by atomic mass is 10.1. The summed E-state index contributed by atoms with van der Waals surface area (Å²) in [7, 11) is -1.50. The Morgan fingerprint density at radius 1 is 1.00 bits per heavy atom. The largest absolute Gasteiger partial charge is 0.413 e. The highest BCUT2D eigenvalue weighted by molar-refractivity contribution is 14.1. The minimum absolute atomic E-state index is 0.356. The van der Waals surface area contributed by atoms with E-state index in [1.54, 1.807) is 0 Å². The molecule has 0 aliphatic carbocycles. The first-order valence-corrected chi connectivity index (χ1v) is 11.3. The highest BCUT2D eigenvalue weighted by Crippen LogP contribution is 2.35. The Hall–Kier alpha value is 0.127. The van der Waals surface area contributed by atoms with Gasteiger partial charge in [0.1, 0.15) is 0 Å². The summed E-state index contributed by atoms with van der Waals surface area (Å²) in [6.45, 7) is 9.16. The van der Waals surface area contributed by atoms with E-state index < -0.39 is 8.32 Å². The smallest absolute Gasteiger partial charge is 0.192 e. The molecule has 1 nitrogen and oxygen atoms in total. The van der Waals surface area contributed by atoms with Crippen molar-refractivity contribution in [1.29, 1.82) is 0 Å². The Labute approximate surface area is 133 Å². The summed E-state index contributed by atoms with van der Waals surface area (Å²) in [6.07, 6.45) is 1.45. The number of alkyl halides is 1. The maximum Gasteiger partial charge on any atom is 0.192 e. The van der Waals surface area contributed by atoms with Crippen molar-refractivity contribution in [3.05, 3.63) is 35.9 Å². The van der Waals surface area contributed by atoms with Gasteiger partial charge >= 0.3 is 0 Å².